The largest absolute Gasteiger partial charge is 0.493 e. The summed E-state index contributed by atoms with van der Waals surface area (Å²) in [4.78, 5) is 24.2. The van der Waals surface area contributed by atoms with Crippen molar-refractivity contribution in [1.82, 2.24) is 5.32 Å². The predicted octanol–water partition coefficient (Wildman–Crippen LogP) is 4.04. The molecule has 0 aliphatic rings. The average Bonchev–Trinajstić information content (AvgIpc) is 2.65. The molecule has 0 aliphatic carbocycles. The average molecular weight is 412 g/mol. The third kappa shape index (κ3) is 5.52. The topological polar surface area (TPSA) is 73.9 Å². The molecule has 0 bridgehead atoms. The molecule has 1 N–H and O–H groups in total. The fourth-order valence-electron chi connectivity index (χ4n) is 2.37. The Morgan fingerprint density at radius 2 is 1.74 bits per heavy atom. The lowest BCUT2D eigenvalue weighted by Crippen LogP contribution is -2.31. The van der Waals surface area contributed by atoms with Gasteiger partial charge in [0.15, 0.2) is 18.1 Å². The second-order valence-corrected chi connectivity index (χ2v) is 6.45. The van der Waals surface area contributed by atoms with Gasteiger partial charge in [-0.3, -0.25) is 4.79 Å². The molecule has 0 heterocycles. The maximum Gasteiger partial charge on any atom is 0.338 e. The summed E-state index contributed by atoms with van der Waals surface area (Å²) in [6.45, 7) is 1.39. The first-order chi connectivity index (χ1) is 12.8. The first kappa shape index (κ1) is 20.9. The van der Waals surface area contributed by atoms with Gasteiger partial charge in [-0.2, -0.15) is 0 Å². The zero-order chi connectivity index (χ0) is 20.0. The van der Waals surface area contributed by atoms with Gasteiger partial charge in [-0.25, -0.2) is 4.79 Å². The summed E-state index contributed by atoms with van der Waals surface area (Å²) < 4.78 is 15.3. The minimum Gasteiger partial charge on any atom is -0.493 e. The summed E-state index contributed by atoms with van der Waals surface area (Å²) in [5.41, 5.74) is 1.03. The van der Waals surface area contributed by atoms with E-state index in [2.05, 4.69) is 5.32 Å². The molecular formula is C19H19Cl2NO5. The van der Waals surface area contributed by atoms with Gasteiger partial charge in [-0.1, -0.05) is 35.3 Å². The number of carbonyl (C=O) groups excluding carboxylic acids is 2. The lowest BCUT2D eigenvalue weighted by atomic mass is 10.1. The monoisotopic (exact) mass is 411 g/mol. The van der Waals surface area contributed by atoms with E-state index in [1.54, 1.807) is 12.1 Å². The van der Waals surface area contributed by atoms with Crippen LogP contribution in [0.3, 0.4) is 0 Å². The van der Waals surface area contributed by atoms with Crippen molar-refractivity contribution in [3.8, 4) is 11.5 Å². The van der Waals surface area contributed by atoms with Crippen LogP contribution in [0.4, 0.5) is 0 Å². The molecule has 1 atom stereocenters. The minimum absolute atomic E-state index is 0.149. The van der Waals surface area contributed by atoms with Crippen LogP contribution in [0.1, 0.15) is 28.9 Å². The molecule has 0 aromatic heterocycles. The van der Waals surface area contributed by atoms with E-state index in [9.17, 15) is 9.59 Å². The highest BCUT2D eigenvalue weighted by Crippen LogP contribution is 2.36. The molecule has 0 saturated carbocycles. The fraction of sp³-hybridized carbons (Fsp3) is 0.263. The second-order valence-electron chi connectivity index (χ2n) is 5.61. The zero-order valence-corrected chi connectivity index (χ0v) is 16.6. The molecule has 0 spiro atoms. The maximum atomic E-state index is 12.2. The molecule has 0 unspecified atom stereocenters. The Morgan fingerprint density at radius 3 is 2.33 bits per heavy atom. The molecular weight excluding hydrogens is 393 g/mol. The molecule has 8 heteroatoms. The summed E-state index contributed by atoms with van der Waals surface area (Å²) in [5, 5.41) is 3.55. The summed E-state index contributed by atoms with van der Waals surface area (Å²) >= 11 is 11.9. The van der Waals surface area contributed by atoms with Crippen LogP contribution in [0.15, 0.2) is 36.4 Å². The van der Waals surface area contributed by atoms with E-state index in [0.717, 1.165) is 5.56 Å². The molecule has 2 aromatic rings. The third-order valence-electron chi connectivity index (χ3n) is 3.75. The summed E-state index contributed by atoms with van der Waals surface area (Å²) in [7, 11) is 2.86. The molecule has 0 aliphatic heterocycles. The summed E-state index contributed by atoms with van der Waals surface area (Å²) in [5.74, 6) is -0.535. The number of amides is 1. The van der Waals surface area contributed by atoms with Gasteiger partial charge in [0.25, 0.3) is 5.91 Å². The number of ether oxygens (including phenoxy) is 3. The molecule has 27 heavy (non-hydrogen) atoms. The first-order valence-electron chi connectivity index (χ1n) is 7.99. The van der Waals surface area contributed by atoms with Crippen molar-refractivity contribution in [2.75, 3.05) is 20.8 Å². The highest BCUT2D eigenvalue weighted by molar-refractivity contribution is 6.32. The lowest BCUT2D eigenvalue weighted by molar-refractivity contribution is -0.124. The number of methoxy groups -OCH3 is 2. The number of rotatable bonds is 7. The predicted molar refractivity (Wildman–Crippen MR) is 103 cm³/mol. The van der Waals surface area contributed by atoms with Crippen LogP contribution in [0.2, 0.25) is 10.0 Å². The number of nitrogens with one attached hydrogen (secondary N) is 1. The van der Waals surface area contributed by atoms with E-state index in [-0.39, 0.29) is 22.4 Å². The number of esters is 1. The van der Waals surface area contributed by atoms with Crippen LogP contribution in [0.25, 0.3) is 0 Å². The van der Waals surface area contributed by atoms with Crippen molar-refractivity contribution < 1.29 is 23.8 Å². The van der Waals surface area contributed by atoms with Gasteiger partial charge in [0.1, 0.15) is 0 Å². The van der Waals surface area contributed by atoms with Crippen LogP contribution < -0.4 is 14.8 Å². The van der Waals surface area contributed by atoms with Gasteiger partial charge in [-0.15, -0.1) is 0 Å². The molecule has 1 amide bonds. The minimum atomic E-state index is -0.702. The van der Waals surface area contributed by atoms with Crippen LogP contribution in [0.5, 0.6) is 11.5 Å². The van der Waals surface area contributed by atoms with E-state index >= 15 is 0 Å². The smallest absolute Gasteiger partial charge is 0.338 e. The SMILES string of the molecule is COc1cc(C(=O)OCC(=O)N[C@@H](C)c2ccc(Cl)cc2)cc(Cl)c1OC. The molecule has 2 aromatic carbocycles. The van der Waals surface area contributed by atoms with E-state index in [0.29, 0.717) is 10.8 Å². The molecule has 6 nitrogen and oxygen atoms in total. The van der Waals surface area contributed by atoms with Gasteiger partial charge in [0.2, 0.25) is 0 Å². The van der Waals surface area contributed by atoms with Gasteiger partial charge in [0.05, 0.1) is 30.8 Å². The summed E-state index contributed by atoms with van der Waals surface area (Å²) in [6, 6.07) is 9.65. The number of halogens is 2. The number of hydrogen-bond acceptors (Lipinski definition) is 5. The van der Waals surface area contributed by atoms with Gasteiger partial charge < -0.3 is 19.5 Å². The van der Waals surface area contributed by atoms with Gasteiger partial charge >= 0.3 is 5.97 Å². The van der Waals surface area contributed by atoms with Crippen molar-refractivity contribution in [1.29, 1.82) is 0 Å². The molecule has 0 radical (unpaired) electrons. The third-order valence-corrected chi connectivity index (χ3v) is 4.28. The van der Waals surface area contributed by atoms with Gasteiger partial charge in [0, 0.05) is 5.02 Å². The van der Waals surface area contributed by atoms with Crippen molar-refractivity contribution in [2.24, 2.45) is 0 Å². The van der Waals surface area contributed by atoms with Crippen LogP contribution in [-0.2, 0) is 9.53 Å². The van der Waals surface area contributed by atoms with E-state index in [1.807, 2.05) is 19.1 Å². The number of carbonyl (C=O) groups is 2. The quantitative estimate of drug-likeness (QED) is 0.695. The summed E-state index contributed by atoms with van der Waals surface area (Å²) in [6.07, 6.45) is 0. The molecule has 144 valence electrons. The second kappa shape index (κ2) is 9.48. The Bertz CT molecular complexity index is 824. The fourth-order valence-corrected chi connectivity index (χ4v) is 2.78. The Balaban J connectivity index is 1.95. The van der Waals surface area contributed by atoms with Crippen LogP contribution in [0, 0.1) is 0 Å². The molecule has 2 rings (SSSR count). The highest BCUT2D eigenvalue weighted by Gasteiger charge is 2.18. The van der Waals surface area contributed by atoms with Crippen molar-refractivity contribution >= 4 is 35.1 Å². The van der Waals surface area contributed by atoms with Gasteiger partial charge in [-0.05, 0) is 36.8 Å². The first-order valence-corrected chi connectivity index (χ1v) is 8.74. The normalized spacial score (nSPS) is 11.4. The Hall–Kier alpha value is -2.44. The molecule has 0 fully saturated rings. The Labute approximate surface area is 167 Å². The van der Waals surface area contributed by atoms with Crippen LogP contribution in [-0.4, -0.2) is 32.7 Å². The van der Waals surface area contributed by atoms with Crippen molar-refractivity contribution in [3.63, 3.8) is 0 Å². The van der Waals surface area contributed by atoms with E-state index in [4.69, 9.17) is 37.4 Å². The highest BCUT2D eigenvalue weighted by atomic mass is 35.5. The molecule has 0 saturated heterocycles. The van der Waals surface area contributed by atoms with E-state index < -0.39 is 18.5 Å². The maximum absolute atomic E-state index is 12.2. The standard InChI is InChI=1S/C19H19Cl2NO5/c1-11(12-4-6-14(20)7-5-12)22-17(23)10-27-19(24)13-8-15(21)18(26-3)16(9-13)25-2/h4-9,11H,10H2,1-3H3,(H,22,23)/t11-/m0/s1. The lowest BCUT2D eigenvalue weighted by Gasteiger charge is -2.15. The zero-order valence-electron chi connectivity index (χ0n) is 15.0. The Kier molecular flexibility index (Phi) is 7.33. The van der Waals surface area contributed by atoms with Crippen molar-refractivity contribution in [3.05, 3.63) is 57.6 Å². The van der Waals surface area contributed by atoms with E-state index in [1.165, 1.54) is 26.4 Å². The van der Waals surface area contributed by atoms with Crippen LogP contribution >= 0.6 is 23.2 Å². The Morgan fingerprint density at radius 1 is 1.07 bits per heavy atom. The number of hydrogen-bond donors (Lipinski definition) is 1. The van der Waals surface area contributed by atoms with Crippen molar-refractivity contribution in [2.45, 2.75) is 13.0 Å². The number of benzene rings is 2.